The highest BCUT2D eigenvalue weighted by Crippen LogP contribution is 2.26. The van der Waals surface area contributed by atoms with Crippen LogP contribution >= 0.6 is 11.6 Å². The van der Waals surface area contributed by atoms with Crippen LogP contribution in [0.15, 0.2) is 18.2 Å². The molecule has 0 radical (unpaired) electrons. The number of halogens is 1. The fourth-order valence-electron chi connectivity index (χ4n) is 2.45. The highest BCUT2D eigenvalue weighted by atomic mass is 35.5. The summed E-state index contributed by atoms with van der Waals surface area (Å²) < 4.78 is 5.79. The van der Waals surface area contributed by atoms with Crippen molar-refractivity contribution in [2.45, 2.75) is 77.7 Å². The summed E-state index contributed by atoms with van der Waals surface area (Å²) in [6.45, 7) is 5.04. The minimum Gasteiger partial charge on any atom is -0.492 e. The third kappa shape index (κ3) is 8.65. The normalized spacial score (nSPS) is 12.4. The van der Waals surface area contributed by atoms with Crippen LogP contribution in [-0.4, -0.2) is 12.6 Å². The zero-order valence-electron chi connectivity index (χ0n) is 14.2. The van der Waals surface area contributed by atoms with Crippen LogP contribution < -0.4 is 10.5 Å². The molecule has 2 nitrogen and oxygen atoms in total. The molecule has 3 heteroatoms. The molecule has 0 saturated carbocycles. The van der Waals surface area contributed by atoms with Gasteiger partial charge in [0.15, 0.2) is 0 Å². The van der Waals surface area contributed by atoms with Crippen LogP contribution in [0.4, 0.5) is 0 Å². The number of benzene rings is 1. The average molecular weight is 326 g/mol. The summed E-state index contributed by atoms with van der Waals surface area (Å²) in [5.74, 6) is 0.803. The molecule has 0 aromatic heterocycles. The molecule has 1 aromatic rings. The summed E-state index contributed by atoms with van der Waals surface area (Å²) in [7, 11) is 0. The Bertz CT molecular complexity index is 406. The number of rotatable bonds is 12. The van der Waals surface area contributed by atoms with E-state index in [1.54, 1.807) is 0 Å². The van der Waals surface area contributed by atoms with Crippen molar-refractivity contribution in [1.29, 1.82) is 0 Å². The van der Waals surface area contributed by atoms with E-state index < -0.39 is 0 Å². The van der Waals surface area contributed by atoms with Crippen molar-refractivity contribution in [3.63, 3.8) is 0 Å². The fraction of sp³-hybridized carbons (Fsp3) is 0.684. The first kappa shape index (κ1) is 19.3. The second-order valence-corrected chi connectivity index (χ2v) is 6.66. The fourth-order valence-corrected chi connectivity index (χ4v) is 2.71. The van der Waals surface area contributed by atoms with Crippen molar-refractivity contribution < 1.29 is 4.74 Å². The standard InChI is InChI=1S/C19H32ClNO/c1-3-4-5-6-7-8-9-14-22-19-13-12-17(15-18(19)20)11-10-16(2)21/h12-13,15-16H,3-11,14,21H2,1-2H3. The topological polar surface area (TPSA) is 35.2 Å². The molecule has 0 saturated heterocycles. The summed E-state index contributed by atoms with van der Waals surface area (Å²) in [5, 5.41) is 0.713. The van der Waals surface area contributed by atoms with Crippen LogP contribution in [0.2, 0.25) is 5.02 Å². The van der Waals surface area contributed by atoms with Crippen molar-refractivity contribution in [1.82, 2.24) is 0 Å². The lowest BCUT2D eigenvalue weighted by molar-refractivity contribution is 0.304. The Morgan fingerprint density at radius 1 is 1.09 bits per heavy atom. The summed E-state index contributed by atoms with van der Waals surface area (Å²) in [6, 6.07) is 6.31. The van der Waals surface area contributed by atoms with E-state index >= 15 is 0 Å². The van der Waals surface area contributed by atoms with Gasteiger partial charge in [0.1, 0.15) is 5.75 Å². The first-order chi connectivity index (χ1) is 10.6. The number of hydrogen-bond acceptors (Lipinski definition) is 2. The molecule has 1 atom stereocenters. The third-order valence-corrected chi connectivity index (χ3v) is 4.19. The molecule has 0 bridgehead atoms. The molecule has 2 N–H and O–H groups in total. The maximum atomic E-state index is 6.29. The Labute approximate surface area is 141 Å². The second kappa shape index (κ2) is 11.8. The van der Waals surface area contributed by atoms with Crippen LogP contribution in [0.25, 0.3) is 0 Å². The van der Waals surface area contributed by atoms with Crippen molar-refractivity contribution >= 4 is 11.6 Å². The lowest BCUT2D eigenvalue weighted by Gasteiger charge is -2.10. The Kier molecular flexibility index (Phi) is 10.3. The quantitative estimate of drug-likeness (QED) is 0.497. The van der Waals surface area contributed by atoms with E-state index in [1.165, 1.54) is 44.1 Å². The molecular formula is C19H32ClNO. The first-order valence-electron chi connectivity index (χ1n) is 8.80. The molecule has 126 valence electrons. The molecule has 0 spiro atoms. The van der Waals surface area contributed by atoms with Gasteiger partial charge in [0, 0.05) is 6.04 Å². The van der Waals surface area contributed by atoms with Gasteiger partial charge >= 0.3 is 0 Å². The molecule has 0 aliphatic heterocycles. The number of aryl methyl sites for hydroxylation is 1. The zero-order valence-corrected chi connectivity index (χ0v) is 15.0. The monoisotopic (exact) mass is 325 g/mol. The minimum atomic E-state index is 0.229. The number of unbranched alkanes of at least 4 members (excludes halogenated alkanes) is 6. The van der Waals surface area contributed by atoms with E-state index in [4.69, 9.17) is 22.1 Å². The van der Waals surface area contributed by atoms with Crippen LogP contribution in [0.3, 0.4) is 0 Å². The van der Waals surface area contributed by atoms with Crippen molar-refractivity contribution in [2.75, 3.05) is 6.61 Å². The van der Waals surface area contributed by atoms with E-state index in [0.29, 0.717) is 5.02 Å². The highest BCUT2D eigenvalue weighted by Gasteiger charge is 2.04. The molecule has 22 heavy (non-hydrogen) atoms. The summed E-state index contributed by atoms with van der Waals surface area (Å²) in [4.78, 5) is 0. The van der Waals surface area contributed by atoms with E-state index in [9.17, 15) is 0 Å². The smallest absolute Gasteiger partial charge is 0.137 e. The SMILES string of the molecule is CCCCCCCCCOc1ccc(CCC(C)N)cc1Cl. The van der Waals surface area contributed by atoms with Gasteiger partial charge in [-0.15, -0.1) is 0 Å². The Balaban J connectivity index is 2.20. The number of ether oxygens (including phenoxy) is 1. The largest absolute Gasteiger partial charge is 0.492 e. The maximum Gasteiger partial charge on any atom is 0.137 e. The van der Waals surface area contributed by atoms with Crippen LogP contribution in [0.5, 0.6) is 5.75 Å². The molecule has 1 rings (SSSR count). The predicted octanol–water partition coefficient (Wildman–Crippen LogP) is 5.75. The Hall–Kier alpha value is -0.730. The summed E-state index contributed by atoms with van der Waals surface area (Å²) in [6.07, 6.45) is 11.0. The average Bonchev–Trinajstić information content (AvgIpc) is 2.49. The summed E-state index contributed by atoms with van der Waals surface area (Å²) in [5.41, 5.74) is 7.01. The van der Waals surface area contributed by atoms with Crippen LogP contribution in [0.1, 0.15) is 70.8 Å². The molecule has 1 unspecified atom stereocenters. The van der Waals surface area contributed by atoms with Gasteiger partial charge < -0.3 is 10.5 Å². The van der Waals surface area contributed by atoms with Gasteiger partial charge in [-0.3, -0.25) is 0 Å². The lowest BCUT2D eigenvalue weighted by atomic mass is 10.1. The maximum absolute atomic E-state index is 6.29. The van der Waals surface area contributed by atoms with E-state index in [1.807, 2.05) is 19.1 Å². The molecule has 0 aliphatic rings. The third-order valence-electron chi connectivity index (χ3n) is 3.89. The van der Waals surface area contributed by atoms with Gasteiger partial charge in [-0.05, 0) is 43.9 Å². The van der Waals surface area contributed by atoms with Crippen molar-refractivity contribution in [2.24, 2.45) is 5.73 Å². The molecule has 0 amide bonds. The highest BCUT2D eigenvalue weighted by molar-refractivity contribution is 6.32. The van der Waals surface area contributed by atoms with Gasteiger partial charge in [0.25, 0.3) is 0 Å². The van der Waals surface area contributed by atoms with Crippen LogP contribution in [-0.2, 0) is 6.42 Å². The lowest BCUT2D eigenvalue weighted by Crippen LogP contribution is -2.15. The Morgan fingerprint density at radius 3 is 2.41 bits per heavy atom. The molecule has 0 heterocycles. The number of hydrogen-bond donors (Lipinski definition) is 1. The molecular weight excluding hydrogens is 294 g/mol. The van der Waals surface area contributed by atoms with E-state index in [-0.39, 0.29) is 6.04 Å². The molecule has 1 aromatic carbocycles. The Morgan fingerprint density at radius 2 is 1.77 bits per heavy atom. The van der Waals surface area contributed by atoms with Crippen molar-refractivity contribution in [3.05, 3.63) is 28.8 Å². The summed E-state index contributed by atoms with van der Waals surface area (Å²) >= 11 is 6.29. The molecule has 0 fully saturated rings. The van der Waals surface area contributed by atoms with Crippen LogP contribution in [0, 0.1) is 0 Å². The predicted molar refractivity (Wildman–Crippen MR) is 96.9 cm³/mol. The first-order valence-corrected chi connectivity index (χ1v) is 9.18. The van der Waals surface area contributed by atoms with Gasteiger partial charge in [-0.25, -0.2) is 0 Å². The number of nitrogens with two attached hydrogens (primary N) is 1. The van der Waals surface area contributed by atoms with E-state index in [2.05, 4.69) is 13.0 Å². The molecule has 0 aliphatic carbocycles. The van der Waals surface area contributed by atoms with E-state index in [0.717, 1.165) is 31.6 Å². The minimum absolute atomic E-state index is 0.229. The zero-order chi connectivity index (χ0) is 16.2. The van der Waals surface area contributed by atoms with Crippen molar-refractivity contribution in [3.8, 4) is 5.75 Å². The van der Waals surface area contributed by atoms with Gasteiger partial charge in [0.05, 0.1) is 11.6 Å². The van der Waals surface area contributed by atoms with Gasteiger partial charge in [-0.1, -0.05) is 63.1 Å². The van der Waals surface area contributed by atoms with Gasteiger partial charge in [-0.2, -0.15) is 0 Å². The second-order valence-electron chi connectivity index (χ2n) is 6.25. The van der Waals surface area contributed by atoms with Gasteiger partial charge in [0.2, 0.25) is 0 Å².